The van der Waals surface area contributed by atoms with E-state index in [4.69, 9.17) is 16.2 Å². The highest BCUT2D eigenvalue weighted by molar-refractivity contribution is 6.06. The van der Waals surface area contributed by atoms with Gasteiger partial charge in [0.15, 0.2) is 5.82 Å². The average Bonchev–Trinajstić information content (AvgIpc) is 2.60. The molecular formula is C17H16N6O2. The molecule has 3 aromatic rings. The van der Waals surface area contributed by atoms with Crippen LogP contribution < -0.4 is 21.5 Å². The molecule has 0 unspecified atom stereocenters. The lowest BCUT2D eigenvalue weighted by molar-refractivity contribution is 0.102. The Bertz CT molecular complexity index is 865. The molecule has 8 nitrogen and oxygen atoms in total. The van der Waals surface area contributed by atoms with E-state index in [9.17, 15) is 4.79 Å². The third kappa shape index (κ3) is 4.20. The Morgan fingerprint density at radius 1 is 0.920 bits per heavy atom. The van der Waals surface area contributed by atoms with E-state index in [2.05, 4.69) is 20.3 Å². The summed E-state index contributed by atoms with van der Waals surface area (Å²) in [6, 6.07) is 16.0. The number of nitrogens with zero attached hydrogens (tertiary/aromatic N) is 3. The van der Waals surface area contributed by atoms with Crippen molar-refractivity contribution >= 4 is 23.5 Å². The van der Waals surface area contributed by atoms with Gasteiger partial charge in [0.25, 0.3) is 5.91 Å². The molecule has 0 atom stereocenters. The monoisotopic (exact) mass is 336 g/mol. The number of benzene rings is 2. The molecule has 0 saturated heterocycles. The first kappa shape index (κ1) is 16.2. The van der Waals surface area contributed by atoms with Crippen molar-refractivity contribution in [3.8, 4) is 5.75 Å². The van der Waals surface area contributed by atoms with Crippen molar-refractivity contribution in [2.24, 2.45) is 0 Å². The van der Waals surface area contributed by atoms with Gasteiger partial charge in [-0.2, -0.15) is 15.0 Å². The zero-order valence-corrected chi connectivity index (χ0v) is 13.2. The predicted molar refractivity (Wildman–Crippen MR) is 93.8 cm³/mol. The van der Waals surface area contributed by atoms with E-state index in [1.165, 1.54) is 0 Å². The summed E-state index contributed by atoms with van der Waals surface area (Å²) in [4.78, 5) is 24.1. The Kier molecular flexibility index (Phi) is 4.70. The largest absolute Gasteiger partial charge is 0.485 e. The Morgan fingerprint density at radius 3 is 2.28 bits per heavy atom. The number of aromatic nitrogens is 3. The lowest BCUT2D eigenvalue weighted by Gasteiger charge is -2.11. The zero-order chi connectivity index (χ0) is 17.6. The Labute approximate surface area is 143 Å². The number of nitrogens with one attached hydrogen (secondary N) is 1. The molecule has 1 amide bonds. The predicted octanol–water partition coefficient (Wildman–Crippen LogP) is 1.87. The maximum Gasteiger partial charge on any atom is 0.259 e. The van der Waals surface area contributed by atoms with Crippen molar-refractivity contribution in [2.45, 2.75) is 6.61 Å². The van der Waals surface area contributed by atoms with E-state index in [0.29, 0.717) is 17.0 Å². The first-order valence-electron chi connectivity index (χ1n) is 7.46. The number of carbonyl (C=O) groups is 1. The first-order valence-corrected chi connectivity index (χ1v) is 7.46. The van der Waals surface area contributed by atoms with Crippen LogP contribution in [0.4, 0.5) is 17.6 Å². The number of nitrogens with two attached hydrogens (primary N) is 2. The minimum atomic E-state index is -0.281. The van der Waals surface area contributed by atoms with E-state index in [1.807, 2.05) is 18.2 Å². The number of amides is 1. The summed E-state index contributed by atoms with van der Waals surface area (Å²) in [6.07, 6.45) is 0. The van der Waals surface area contributed by atoms with Crippen molar-refractivity contribution in [1.82, 2.24) is 15.0 Å². The smallest absolute Gasteiger partial charge is 0.259 e. The standard InChI is InChI=1S/C17H16N6O2/c18-16-21-14(22-17(19)23-16)10-25-13-9-5-4-8-12(13)15(24)20-11-6-2-1-3-7-11/h1-9H,10H2,(H,20,24)(H4,18,19,21,22,23). The Balaban J connectivity index is 1.75. The van der Waals surface area contributed by atoms with Gasteiger partial charge in [-0.3, -0.25) is 4.79 Å². The van der Waals surface area contributed by atoms with Crippen LogP contribution in [0, 0.1) is 0 Å². The van der Waals surface area contributed by atoms with Crippen molar-refractivity contribution in [3.63, 3.8) is 0 Å². The highest BCUT2D eigenvalue weighted by Crippen LogP contribution is 2.20. The molecule has 0 radical (unpaired) electrons. The molecule has 0 aliphatic carbocycles. The quantitative estimate of drug-likeness (QED) is 0.648. The van der Waals surface area contributed by atoms with E-state index < -0.39 is 0 Å². The van der Waals surface area contributed by atoms with Crippen LogP contribution >= 0.6 is 0 Å². The summed E-state index contributed by atoms with van der Waals surface area (Å²) in [7, 11) is 0. The summed E-state index contributed by atoms with van der Waals surface area (Å²) in [6.45, 7) is 0.00650. The first-order chi connectivity index (χ1) is 12.1. The molecule has 0 aliphatic rings. The number of hydrogen-bond donors (Lipinski definition) is 3. The third-order valence-corrected chi connectivity index (χ3v) is 3.24. The molecule has 0 bridgehead atoms. The Hall–Kier alpha value is -3.68. The number of rotatable bonds is 5. The summed E-state index contributed by atoms with van der Waals surface area (Å²) in [5, 5.41) is 2.81. The van der Waals surface area contributed by atoms with Gasteiger partial charge in [0, 0.05) is 5.69 Å². The second-order valence-electron chi connectivity index (χ2n) is 5.07. The molecule has 126 valence electrons. The fraction of sp³-hybridized carbons (Fsp3) is 0.0588. The highest BCUT2D eigenvalue weighted by Gasteiger charge is 2.13. The molecule has 25 heavy (non-hydrogen) atoms. The summed E-state index contributed by atoms with van der Waals surface area (Å²) in [5.41, 5.74) is 12.1. The van der Waals surface area contributed by atoms with Crippen LogP contribution in [0.1, 0.15) is 16.2 Å². The number of para-hydroxylation sites is 2. The van der Waals surface area contributed by atoms with E-state index in [0.717, 1.165) is 0 Å². The number of hydrogen-bond acceptors (Lipinski definition) is 7. The number of carbonyl (C=O) groups excluding carboxylic acids is 1. The van der Waals surface area contributed by atoms with Gasteiger partial charge in [0.2, 0.25) is 11.9 Å². The fourth-order valence-corrected chi connectivity index (χ4v) is 2.16. The minimum absolute atomic E-state index is 0.00650. The molecule has 1 heterocycles. The van der Waals surface area contributed by atoms with Gasteiger partial charge in [-0.25, -0.2) is 0 Å². The zero-order valence-electron chi connectivity index (χ0n) is 13.2. The number of nitrogen functional groups attached to an aromatic ring is 2. The normalized spacial score (nSPS) is 10.2. The van der Waals surface area contributed by atoms with Gasteiger partial charge >= 0.3 is 0 Å². The lowest BCUT2D eigenvalue weighted by atomic mass is 10.2. The van der Waals surface area contributed by atoms with E-state index in [-0.39, 0.29) is 30.2 Å². The number of anilines is 3. The summed E-state index contributed by atoms with van der Waals surface area (Å²) >= 11 is 0. The van der Waals surface area contributed by atoms with Crippen molar-refractivity contribution in [3.05, 3.63) is 66.0 Å². The van der Waals surface area contributed by atoms with Crippen LogP contribution in [0.15, 0.2) is 54.6 Å². The van der Waals surface area contributed by atoms with Gasteiger partial charge < -0.3 is 21.5 Å². The van der Waals surface area contributed by atoms with Crippen LogP contribution in [-0.2, 0) is 6.61 Å². The van der Waals surface area contributed by atoms with Gasteiger partial charge in [-0.15, -0.1) is 0 Å². The van der Waals surface area contributed by atoms with Crippen LogP contribution in [0.3, 0.4) is 0 Å². The second-order valence-corrected chi connectivity index (χ2v) is 5.07. The topological polar surface area (TPSA) is 129 Å². The van der Waals surface area contributed by atoms with E-state index >= 15 is 0 Å². The number of ether oxygens (including phenoxy) is 1. The van der Waals surface area contributed by atoms with Crippen LogP contribution in [0.25, 0.3) is 0 Å². The molecular weight excluding hydrogens is 320 g/mol. The van der Waals surface area contributed by atoms with Gasteiger partial charge in [0.1, 0.15) is 12.4 Å². The average molecular weight is 336 g/mol. The maximum absolute atomic E-state index is 12.5. The molecule has 0 saturated carbocycles. The third-order valence-electron chi connectivity index (χ3n) is 3.24. The summed E-state index contributed by atoms with van der Waals surface area (Å²) < 4.78 is 5.67. The Morgan fingerprint density at radius 2 is 1.56 bits per heavy atom. The maximum atomic E-state index is 12.5. The molecule has 0 aliphatic heterocycles. The van der Waals surface area contributed by atoms with Gasteiger partial charge in [0.05, 0.1) is 5.56 Å². The fourth-order valence-electron chi connectivity index (χ4n) is 2.16. The van der Waals surface area contributed by atoms with Gasteiger partial charge in [-0.1, -0.05) is 30.3 Å². The molecule has 8 heteroatoms. The molecule has 2 aromatic carbocycles. The van der Waals surface area contributed by atoms with E-state index in [1.54, 1.807) is 36.4 Å². The van der Waals surface area contributed by atoms with Crippen molar-refractivity contribution < 1.29 is 9.53 Å². The van der Waals surface area contributed by atoms with Crippen LogP contribution in [0.5, 0.6) is 5.75 Å². The molecule has 1 aromatic heterocycles. The minimum Gasteiger partial charge on any atom is -0.485 e. The molecule has 0 spiro atoms. The van der Waals surface area contributed by atoms with Gasteiger partial charge in [-0.05, 0) is 24.3 Å². The highest BCUT2D eigenvalue weighted by atomic mass is 16.5. The van der Waals surface area contributed by atoms with Crippen LogP contribution in [-0.4, -0.2) is 20.9 Å². The SMILES string of the molecule is Nc1nc(N)nc(COc2ccccc2C(=O)Nc2ccccc2)n1. The van der Waals surface area contributed by atoms with Crippen molar-refractivity contribution in [2.75, 3.05) is 16.8 Å². The molecule has 5 N–H and O–H groups in total. The second kappa shape index (κ2) is 7.26. The summed E-state index contributed by atoms with van der Waals surface area (Å²) in [5.74, 6) is 0.427. The molecule has 0 fully saturated rings. The van der Waals surface area contributed by atoms with Crippen molar-refractivity contribution in [1.29, 1.82) is 0 Å². The molecule has 3 rings (SSSR count). The van der Waals surface area contributed by atoms with Crippen LogP contribution in [0.2, 0.25) is 0 Å². The lowest BCUT2D eigenvalue weighted by Crippen LogP contribution is -2.14.